The zero-order valence-electron chi connectivity index (χ0n) is 11.3. The van der Waals surface area contributed by atoms with Gasteiger partial charge >= 0.3 is 0 Å². The molecule has 0 fully saturated rings. The van der Waals surface area contributed by atoms with Crippen LogP contribution in [0, 0.1) is 0 Å². The average molecular weight is 256 g/mol. The van der Waals surface area contributed by atoms with Crippen LogP contribution in [0.2, 0.25) is 0 Å². The van der Waals surface area contributed by atoms with Gasteiger partial charge in [0.1, 0.15) is 0 Å². The summed E-state index contributed by atoms with van der Waals surface area (Å²) in [5.41, 5.74) is 2.30. The van der Waals surface area contributed by atoms with Gasteiger partial charge in [0.25, 0.3) is 0 Å². The number of fused-ring (bicyclic) bond motifs is 3. The van der Waals surface area contributed by atoms with Gasteiger partial charge in [0.05, 0.1) is 0 Å². The predicted molar refractivity (Wildman–Crippen MR) is 89.8 cm³/mol. The maximum absolute atomic E-state index is 3.93. The number of benzene rings is 3. The molecule has 0 aliphatic carbocycles. The summed E-state index contributed by atoms with van der Waals surface area (Å²) in [6, 6.07) is 19.2. The van der Waals surface area contributed by atoms with Crippen molar-refractivity contribution in [3.63, 3.8) is 0 Å². The quantitative estimate of drug-likeness (QED) is 0.413. The van der Waals surface area contributed by atoms with Crippen molar-refractivity contribution in [1.82, 2.24) is 0 Å². The molecule has 0 spiro atoms. The van der Waals surface area contributed by atoms with Crippen LogP contribution in [0.1, 0.15) is 5.56 Å². The molecule has 0 unspecified atom stereocenters. The first-order chi connectivity index (χ1) is 9.85. The third-order valence-corrected chi connectivity index (χ3v) is 3.60. The Labute approximate surface area is 119 Å². The summed E-state index contributed by atoms with van der Waals surface area (Å²) in [5.74, 6) is 0. The second-order valence-electron chi connectivity index (χ2n) is 4.75. The van der Waals surface area contributed by atoms with E-state index in [2.05, 4.69) is 67.8 Å². The molecule has 20 heavy (non-hydrogen) atoms. The largest absolute Gasteiger partial charge is 0.0990 e. The molecule has 0 heterocycles. The highest BCUT2D eigenvalue weighted by Crippen LogP contribution is 2.32. The van der Waals surface area contributed by atoms with E-state index in [-0.39, 0.29) is 0 Å². The van der Waals surface area contributed by atoms with Gasteiger partial charge in [-0.2, -0.15) is 0 Å². The highest BCUT2D eigenvalue weighted by molar-refractivity contribution is 6.12. The smallest absolute Gasteiger partial charge is 0.00990 e. The highest BCUT2D eigenvalue weighted by Gasteiger charge is 2.07. The number of hydrogen-bond donors (Lipinski definition) is 0. The maximum atomic E-state index is 3.93. The summed E-state index contributed by atoms with van der Waals surface area (Å²) < 4.78 is 0. The molecule has 0 bridgehead atoms. The van der Waals surface area contributed by atoms with Crippen molar-refractivity contribution in [1.29, 1.82) is 0 Å². The molecule has 0 saturated heterocycles. The Hall–Kier alpha value is -2.60. The van der Waals surface area contributed by atoms with Gasteiger partial charge in [-0.05, 0) is 38.7 Å². The second kappa shape index (κ2) is 5.18. The van der Waals surface area contributed by atoms with Crippen LogP contribution in [0.3, 0.4) is 0 Å². The summed E-state index contributed by atoms with van der Waals surface area (Å²) in [7, 11) is 0. The van der Waals surface area contributed by atoms with Crippen molar-refractivity contribution in [2.75, 3.05) is 0 Å². The van der Waals surface area contributed by atoms with Crippen LogP contribution in [-0.2, 0) is 0 Å². The monoisotopic (exact) mass is 256 g/mol. The first kappa shape index (κ1) is 12.4. The van der Waals surface area contributed by atoms with E-state index < -0.39 is 0 Å². The van der Waals surface area contributed by atoms with E-state index in [0.717, 1.165) is 5.57 Å². The first-order valence-electron chi connectivity index (χ1n) is 6.71. The molecule has 0 aromatic heterocycles. The van der Waals surface area contributed by atoms with Gasteiger partial charge in [0.2, 0.25) is 0 Å². The number of allylic oxidation sites excluding steroid dienone is 4. The van der Waals surface area contributed by atoms with Crippen molar-refractivity contribution in [3.8, 4) is 0 Å². The first-order valence-corrected chi connectivity index (χ1v) is 6.71. The molecule has 3 aromatic rings. The van der Waals surface area contributed by atoms with Crippen LogP contribution in [0.4, 0.5) is 0 Å². The van der Waals surface area contributed by atoms with Gasteiger partial charge in [-0.15, -0.1) is 0 Å². The molecule has 3 aromatic carbocycles. The van der Waals surface area contributed by atoms with Gasteiger partial charge in [-0.3, -0.25) is 0 Å². The molecule has 0 N–H and O–H groups in total. The maximum Gasteiger partial charge on any atom is -0.00990 e. The van der Waals surface area contributed by atoms with E-state index in [0.29, 0.717) is 0 Å². The summed E-state index contributed by atoms with van der Waals surface area (Å²) in [6.45, 7) is 7.72. The summed E-state index contributed by atoms with van der Waals surface area (Å²) in [6.07, 6.45) is 5.70. The number of rotatable bonds is 3. The fraction of sp³-hybridized carbons (Fsp3) is 0. The Morgan fingerprint density at radius 2 is 1.45 bits per heavy atom. The number of hydrogen-bond acceptors (Lipinski definition) is 0. The van der Waals surface area contributed by atoms with E-state index in [1.54, 1.807) is 6.08 Å². The minimum absolute atomic E-state index is 1.10. The molecule has 0 aliphatic heterocycles. The molecular formula is C20H16. The normalized spacial score (nSPS) is 11.7. The lowest BCUT2D eigenvalue weighted by Crippen LogP contribution is -1.86. The van der Waals surface area contributed by atoms with Gasteiger partial charge in [0.15, 0.2) is 0 Å². The Kier molecular flexibility index (Phi) is 3.22. The third-order valence-electron chi connectivity index (χ3n) is 3.60. The van der Waals surface area contributed by atoms with Crippen LogP contribution < -0.4 is 0 Å². The Bertz CT molecular complexity index is 835. The van der Waals surface area contributed by atoms with Crippen LogP contribution in [0.15, 0.2) is 86.0 Å². The summed E-state index contributed by atoms with van der Waals surface area (Å²) in [5, 5.41) is 5.06. The van der Waals surface area contributed by atoms with Crippen LogP contribution >= 0.6 is 0 Å². The van der Waals surface area contributed by atoms with Crippen LogP contribution in [-0.4, -0.2) is 0 Å². The molecular weight excluding hydrogens is 240 g/mol. The Balaban J connectivity index is 2.49. The van der Waals surface area contributed by atoms with E-state index in [1.165, 1.54) is 27.1 Å². The van der Waals surface area contributed by atoms with Crippen LogP contribution in [0.25, 0.3) is 27.1 Å². The zero-order valence-corrected chi connectivity index (χ0v) is 11.3. The molecule has 0 radical (unpaired) electrons. The van der Waals surface area contributed by atoms with Crippen LogP contribution in [0.5, 0.6) is 0 Å². The summed E-state index contributed by atoms with van der Waals surface area (Å²) in [4.78, 5) is 0. The van der Waals surface area contributed by atoms with Gasteiger partial charge < -0.3 is 0 Å². The highest BCUT2D eigenvalue weighted by atomic mass is 14.1. The second-order valence-corrected chi connectivity index (χ2v) is 4.75. The molecule has 3 rings (SSSR count). The van der Waals surface area contributed by atoms with Gasteiger partial charge in [-0.1, -0.05) is 79.9 Å². The lowest BCUT2D eigenvalue weighted by molar-refractivity contribution is 1.70. The third kappa shape index (κ3) is 1.96. The van der Waals surface area contributed by atoms with Crippen molar-refractivity contribution in [2.45, 2.75) is 0 Å². The van der Waals surface area contributed by atoms with Gasteiger partial charge in [0, 0.05) is 0 Å². The SMILES string of the molecule is C=C/C=C(\C=C)c1cc2ccccc2c2ccccc12. The molecule has 0 aliphatic rings. The fourth-order valence-corrected chi connectivity index (χ4v) is 2.69. The summed E-state index contributed by atoms with van der Waals surface area (Å²) >= 11 is 0. The molecule has 96 valence electrons. The predicted octanol–water partition coefficient (Wildman–Crippen LogP) is 5.75. The minimum Gasteiger partial charge on any atom is -0.0990 e. The average Bonchev–Trinajstić information content (AvgIpc) is 2.52. The minimum atomic E-state index is 1.10. The van der Waals surface area contributed by atoms with E-state index in [9.17, 15) is 0 Å². The van der Waals surface area contributed by atoms with Gasteiger partial charge in [-0.25, -0.2) is 0 Å². The molecule has 0 heteroatoms. The Morgan fingerprint density at radius 3 is 2.15 bits per heavy atom. The van der Waals surface area contributed by atoms with E-state index in [1.807, 2.05) is 12.2 Å². The van der Waals surface area contributed by atoms with Crippen molar-refractivity contribution in [2.24, 2.45) is 0 Å². The Morgan fingerprint density at radius 1 is 0.800 bits per heavy atom. The van der Waals surface area contributed by atoms with Crippen molar-refractivity contribution in [3.05, 3.63) is 91.5 Å². The molecule has 0 saturated carbocycles. The molecule has 0 atom stereocenters. The lowest BCUT2D eigenvalue weighted by Gasteiger charge is -2.11. The topological polar surface area (TPSA) is 0 Å². The molecule has 0 amide bonds. The van der Waals surface area contributed by atoms with E-state index in [4.69, 9.17) is 0 Å². The standard InChI is InChI=1S/C20H16/c1-3-9-15(4-2)20-14-16-10-5-6-11-17(16)18-12-7-8-13-19(18)20/h3-14H,1-2H2/b15-9+. The van der Waals surface area contributed by atoms with E-state index >= 15 is 0 Å². The zero-order chi connectivity index (χ0) is 13.9. The molecule has 0 nitrogen and oxygen atoms in total. The van der Waals surface area contributed by atoms with Crippen molar-refractivity contribution < 1.29 is 0 Å². The van der Waals surface area contributed by atoms with Crippen molar-refractivity contribution >= 4 is 27.1 Å². The fourth-order valence-electron chi connectivity index (χ4n) is 2.69. The lowest BCUT2D eigenvalue weighted by atomic mass is 9.93.